The first kappa shape index (κ1) is 12.2. The van der Waals surface area contributed by atoms with Gasteiger partial charge in [-0.25, -0.2) is 0 Å². The zero-order valence-electron chi connectivity index (χ0n) is 9.61. The lowest BCUT2D eigenvalue weighted by atomic mass is 9.63. The summed E-state index contributed by atoms with van der Waals surface area (Å²) in [6, 6.07) is 8.01. The Kier molecular flexibility index (Phi) is 3.45. The molecule has 16 heavy (non-hydrogen) atoms. The maximum Gasteiger partial charge on any atom is 0.133 e. The van der Waals surface area contributed by atoms with E-state index in [0.29, 0.717) is 0 Å². The van der Waals surface area contributed by atoms with Crippen LogP contribution >= 0.6 is 22.6 Å². The highest BCUT2D eigenvalue weighted by molar-refractivity contribution is 14.1. The lowest BCUT2D eigenvalue weighted by molar-refractivity contribution is -0.147. The highest BCUT2D eigenvalue weighted by Crippen LogP contribution is 2.46. The number of para-hydroxylation sites is 1. The molecule has 1 saturated carbocycles. The van der Waals surface area contributed by atoms with Crippen LogP contribution in [0.25, 0.3) is 0 Å². The number of aliphatic hydroxyl groups excluding tert-OH is 1. The van der Waals surface area contributed by atoms with Gasteiger partial charge in [0.25, 0.3) is 0 Å². The zero-order chi connectivity index (χ0) is 11.8. The molecule has 3 atom stereocenters. The predicted molar refractivity (Wildman–Crippen MR) is 72.6 cm³/mol. The van der Waals surface area contributed by atoms with Crippen LogP contribution in [0.3, 0.4) is 0 Å². The van der Waals surface area contributed by atoms with Gasteiger partial charge in [0.2, 0.25) is 0 Å². The van der Waals surface area contributed by atoms with Gasteiger partial charge in [0.15, 0.2) is 0 Å². The third kappa shape index (κ3) is 1.95. The summed E-state index contributed by atoms with van der Waals surface area (Å²) in [7, 11) is 0. The fourth-order valence-electron chi connectivity index (χ4n) is 2.13. The van der Waals surface area contributed by atoms with Gasteiger partial charge >= 0.3 is 0 Å². The van der Waals surface area contributed by atoms with Crippen LogP contribution in [0.15, 0.2) is 24.3 Å². The van der Waals surface area contributed by atoms with E-state index in [1.165, 1.54) is 0 Å². The van der Waals surface area contributed by atoms with Crippen LogP contribution in [0.2, 0.25) is 0 Å². The van der Waals surface area contributed by atoms with Gasteiger partial charge in [0.1, 0.15) is 11.9 Å². The summed E-state index contributed by atoms with van der Waals surface area (Å²) in [5, 5.41) is 9.80. The molecule has 1 aliphatic carbocycles. The molecule has 1 aromatic carbocycles. The van der Waals surface area contributed by atoms with E-state index in [4.69, 9.17) is 4.74 Å². The molecule has 0 saturated heterocycles. The standard InChI is InChI=1S/C13H17IO2/c1-3-13(2)11(15)8-12(13)16-10-7-5-4-6-9(10)14/h4-7,11-12,15H,3,8H2,1-2H3. The molecule has 0 aromatic heterocycles. The van der Waals surface area contributed by atoms with Crippen LogP contribution in [0.4, 0.5) is 0 Å². The molecule has 0 spiro atoms. The number of ether oxygens (including phenoxy) is 1. The minimum Gasteiger partial charge on any atom is -0.489 e. The highest BCUT2D eigenvalue weighted by Gasteiger charge is 2.51. The molecule has 1 N–H and O–H groups in total. The maximum atomic E-state index is 9.80. The van der Waals surface area contributed by atoms with Crippen LogP contribution in [0, 0.1) is 8.99 Å². The normalized spacial score (nSPS) is 33.2. The SMILES string of the molecule is CCC1(C)C(O)CC1Oc1ccccc1I. The average molecular weight is 332 g/mol. The van der Waals surface area contributed by atoms with Crippen LogP contribution in [0.1, 0.15) is 26.7 Å². The highest BCUT2D eigenvalue weighted by atomic mass is 127. The summed E-state index contributed by atoms with van der Waals surface area (Å²) < 4.78 is 7.12. The second kappa shape index (κ2) is 4.53. The number of benzene rings is 1. The largest absolute Gasteiger partial charge is 0.489 e. The van der Waals surface area contributed by atoms with Crippen molar-refractivity contribution in [2.75, 3.05) is 0 Å². The van der Waals surface area contributed by atoms with E-state index < -0.39 is 0 Å². The fourth-order valence-corrected chi connectivity index (χ4v) is 2.65. The van der Waals surface area contributed by atoms with Gasteiger partial charge in [-0.05, 0) is 41.1 Å². The Morgan fingerprint density at radius 3 is 2.75 bits per heavy atom. The lowest BCUT2D eigenvalue weighted by Crippen LogP contribution is -2.57. The van der Waals surface area contributed by atoms with E-state index in [9.17, 15) is 5.11 Å². The number of hydrogen-bond donors (Lipinski definition) is 1. The van der Waals surface area contributed by atoms with Crippen molar-refractivity contribution in [2.45, 2.75) is 38.9 Å². The van der Waals surface area contributed by atoms with E-state index in [1.807, 2.05) is 24.3 Å². The molecule has 0 heterocycles. The van der Waals surface area contributed by atoms with E-state index in [0.717, 1.165) is 22.2 Å². The van der Waals surface area contributed by atoms with Crippen molar-refractivity contribution in [3.8, 4) is 5.75 Å². The van der Waals surface area contributed by atoms with E-state index in [1.54, 1.807) is 0 Å². The van der Waals surface area contributed by atoms with Gasteiger partial charge in [-0.2, -0.15) is 0 Å². The zero-order valence-corrected chi connectivity index (χ0v) is 11.8. The average Bonchev–Trinajstić information content (AvgIpc) is 2.30. The van der Waals surface area contributed by atoms with Crippen LogP contribution in [-0.4, -0.2) is 17.3 Å². The van der Waals surface area contributed by atoms with Crippen molar-refractivity contribution in [2.24, 2.45) is 5.41 Å². The Morgan fingerprint density at radius 1 is 1.50 bits per heavy atom. The van der Waals surface area contributed by atoms with Crippen molar-refractivity contribution >= 4 is 22.6 Å². The van der Waals surface area contributed by atoms with Gasteiger partial charge in [-0.3, -0.25) is 0 Å². The monoisotopic (exact) mass is 332 g/mol. The van der Waals surface area contributed by atoms with Gasteiger partial charge in [-0.15, -0.1) is 0 Å². The van der Waals surface area contributed by atoms with Gasteiger partial charge in [-0.1, -0.05) is 26.0 Å². The molecule has 0 bridgehead atoms. The smallest absolute Gasteiger partial charge is 0.133 e. The molecule has 0 aliphatic heterocycles. The molecule has 1 aromatic rings. The summed E-state index contributed by atoms with van der Waals surface area (Å²) in [6.07, 6.45) is 1.62. The first-order valence-electron chi connectivity index (χ1n) is 5.67. The molecular formula is C13H17IO2. The Hall–Kier alpha value is -0.290. The van der Waals surface area contributed by atoms with Crippen LogP contribution in [-0.2, 0) is 0 Å². The minimum absolute atomic E-state index is 0.0844. The summed E-state index contributed by atoms with van der Waals surface area (Å²) >= 11 is 2.28. The van der Waals surface area contributed by atoms with Crippen LogP contribution < -0.4 is 4.74 Å². The molecule has 3 heteroatoms. The van der Waals surface area contributed by atoms with Crippen molar-refractivity contribution < 1.29 is 9.84 Å². The van der Waals surface area contributed by atoms with Crippen molar-refractivity contribution in [1.29, 1.82) is 0 Å². The first-order valence-corrected chi connectivity index (χ1v) is 6.75. The van der Waals surface area contributed by atoms with E-state index in [-0.39, 0.29) is 17.6 Å². The Bertz CT molecular complexity index is 380. The maximum absolute atomic E-state index is 9.80. The third-order valence-corrected chi connectivity index (χ3v) is 4.69. The molecule has 1 aliphatic rings. The molecule has 1 fully saturated rings. The Morgan fingerprint density at radius 2 is 2.19 bits per heavy atom. The molecule has 88 valence electrons. The second-order valence-corrected chi connectivity index (χ2v) is 5.81. The summed E-state index contributed by atoms with van der Waals surface area (Å²) in [5.41, 5.74) is -0.0844. The summed E-state index contributed by atoms with van der Waals surface area (Å²) in [5.74, 6) is 0.930. The van der Waals surface area contributed by atoms with Gasteiger partial charge in [0.05, 0.1) is 9.67 Å². The van der Waals surface area contributed by atoms with Crippen molar-refractivity contribution in [1.82, 2.24) is 0 Å². The second-order valence-electron chi connectivity index (χ2n) is 4.65. The number of aliphatic hydroxyl groups is 1. The minimum atomic E-state index is -0.219. The van der Waals surface area contributed by atoms with Crippen molar-refractivity contribution in [3.63, 3.8) is 0 Å². The molecular weight excluding hydrogens is 315 g/mol. The fraction of sp³-hybridized carbons (Fsp3) is 0.538. The van der Waals surface area contributed by atoms with E-state index >= 15 is 0 Å². The molecule has 0 amide bonds. The van der Waals surface area contributed by atoms with E-state index in [2.05, 4.69) is 36.4 Å². The number of rotatable bonds is 3. The number of hydrogen-bond acceptors (Lipinski definition) is 2. The quantitative estimate of drug-likeness (QED) is 0.862. The van der Waals surface area contributed by atoms with Crippen molar-refractivity contribution in [3.05, 3.63) is 27.8 Å². The molecule has 2 rings (SSSR count). The third-order valence-electron chi connectivity index (χ3n) is 3.80. The van der Waals surface area contributed by atoms with Gasteiger partial charge in [0, 0.05) is 11.8 Å². The number of halogens is 1. The molecule has 0 radical (unpaired) electrons. The first-order chi connectivity index (χ1) is 7.58. The predicted octanol–water partition coefficient (Wildman–Crippen LogP) is 3.22. The van der Waals surface area contributed by atoms with Gasteiger partial charge < -0.3 is 9.84 Å². The Labute approximate surface area is 110 Å². The topological polar surface area (TPSA) is 29.5 Å². The molecule has 2 nitrogen and oxygen atoms in total. The summed E-state index contributed by atoms with van der Waals surface area (Å²) in [6.45, 7) is 4.20. The lowest BCUT2D eigenvalue weighted by Gasteiger charge is -2.50. The molecule has 3 unspecified atom stereocenters. The van der Waals surface area contributed by atoms with Crippen LogP contribution in [0.5, 0.6) is 5.75 Å². The summed E-state index contributed by atoms with van der Waals surface area (Å²) in [4.78, 5) is 0. The Balaban J connectivity index is 2.10.